The first-order valence-electron chi connectivity index (χ1n) is 9.35. The molecule has 1 atom stereocenters. The van der Waals surface area contributed by atoms with E-state index in [1.54, 1.807) is 36.4 Å². The molecule has 0 radical (unpaired) electrons. The average Bonchev–Trinajstić information content (AvgIpc) is 2.76. The molecular formula is C21H23N3O7. The van der Waals surface area contributed by atoms with Gasteiger partial charge in [-0.15, -0.1) is 0 Å². The van der Waals surface area contributed by atoms with Gasteiger partial charge >= 0.3 is 12.1 Å². The number of hydrogen-bond acceptors (Lipinski definition) is 6. The van der Waals surface area contributed by atoms with Crippen LogP contribution in [0.5, 0.6) is 5.75 Å². The predicted molar refractivity (Wildman–Crippen MR) is 109 cm³/mol. The Kier molecular flexibility index (Phi) is 8.84. The van der Waals surface area contributed by atoms with Crippen LogP contribution in [0.4, 0.5) is 4.79 Å². The second-order valence-corrected chi connectivity index (χ2v) is 6.52. The highest BCUT2D eigenvalue weighted by Gasteiger charge is 2.20. The van der Waals surface area contributed by atoms with E-state index in [9.17, 15) is 29.4 Å². The number of aromatic hydroxyl groups is 1. The van der Waals surface area contributed by atoms with Crippen molar-refractivity contribution < 1.29 is 34.1 Å². The number of carboxylic acid groups (broad SMARTS) is 1. The highest BCUT2D eigenvalue weighted by molar-refractivity contribution is 5.89. The standard InChI is InChI=1S/C21H23N3O7/c25-16-8-6-14(7-9-16)10-17(20(28)29)24-19(27)12-22-18(26)11-23-21(30)31-13-15-4-2-1-3-5-15/h1-9,17,25H,10-13H2,(H,22,26)(H,23,30)(H,24,27)(H,28,29). The molecule has 0 saturated heterocycles. The van der Waals surface area contributed by atoms with Crippen LogP contribution in [-0.2, 0) is 32.1 Å². The smallest absolute Gasteiger partial charge is 0.407 e. The molecule has 2 aromatic carbocycles. The number of aliphatic carboxylic acids is 1. The molecule has 0 aliphatic heterocycles. The van der Waals surface area contributed by atoms with Crippen molar-refractivity contribution in [1.29, 1.82) is 0 Å². The van der Waals surface area contributed by atoms with E-state index in [1.165, 1.54) is 12.1 Å². The van der Waals surface area contributed by atoms with Gasteiger partial charge in [-0.05, 0) is 23.3 Å². The fourth-order valence-electron chi connectivity index (χ4n) is 2.48. The number of phenolic OH excluding ortho intramolecular Hbond substituents is 1. The number of carboxylic acids is 1. The van der Waals surface area contributed by atoms with Crippen LogP contribution in [0.25, 0.3) is 0 Å². The topological polar surface area (TPSA) is 154 Å². The van der Waals surface area contributed by atoms with Crippen LogP contribution >= 0.6 is 0 Å². The lowest BCUT2D eigenvalue weighted by Gasteiger charge is -2.15. The van der Waals surface area contributed by atoms with E-state index in [0.717, 1.165) is 5.56 Å². The number of rotatable bonds is 10. The summed E-state index contributed by atoms with van der Waals surface area (Å²) in [5, 5.41) is 25.4. The van der Waals surface area contributed by atoms with Crippen LogP contribution in [0.3, 0.4) is 0 Å². The fraction of sp³-hybridized carbons (Fsp3) is 0.238. The molecule has 0 aliphatic carbocycles. The number of phenols is 1. The molecule has 0 aromatic heterocycles. The van der Waals surface area contributed by atoms with Crippen molar-refractivity contribution in [2.75, 3.05) is 13.1 Å². The van der Waals surface area contributed by atoms with Crippen molar-refractivity contribution >= 4 is 23.9 Å². The van der Waals surface area contributed by atoms with Gasteiger partial charge in [0, 0.05) is 6.42 Å². The summed E-state index contributed by atoms with van der Waals surface area (Å²) < 4.78 is 4.96. The van der Waals surface area contributed by atoms with Crippen molar-refractivity contribution in [2.45, 2.75) is 19.1 Å². The van der Waals surface area contributed by atoms with Gasteiger partial charge in [-0.2, -0.15) is 0 Å². The van der Waals surface area contributed by atoms with Gasteiger partial charge in [-0.3, -0.25) is 9.59 Å². The zero-order chi connectivity index (χ0) is 22.6. The highest BCUT2D eigenvalue weighted by Crippen LogP contribution is 2.11. The third-order valence-electron chi connectivity index (χ3n) is 4.06. The summed E-state index contributed by atoms with van der Waals surface area (Å²) in [5.74, 6) is -2.54. The molecule has 2 aromatic rings. The molecule has 0 saturated carbocycles. The van der Waals surface area contributed by atoms with E-state index in [0.29, 0.717) is 5.56 Å². The zero-order valence-corrected chi connectivity index (χ0v) is 16.5. The largest absolute Gasteiger partial charge is 0.508 e. The number of benzene rings is 2. The molecule has 0 spiro atoms. The van der Waals surface area contributed by atoms with E-state index < -0.39 is 43.0 Å². The van der Waals surface area contributed by atoms with Crippen LogP contribution in [0.2, 0.25) is 0 Å². The number of alkyl carbamates (subject to hydrolysis) is 1. The minimum absolute atomic E-state index is 0.00408. The first-order chi connectivity index (χ1) is 14.8. The third kappa shape index (κ3) is 8.86. The van der Waals surface area contributed by atoms with Crippen LogP contribution in [0.1, 0.15) is 11.1 Å². The number of ether oxygens (including phenoxy) is 1. The molecule has 10 heteroatoms. The summed E-state index contributed by atoms with van der Waals surface area (Å²) in [6.45, 7) is -0.815. The van der Waals surface area contributed by atoms with Crippen molar-refractivity contribution in [1.82, 2.24) is 16.0 Å². The monoisotopic (exact) mass is 429 g/mol. The Labute approximate surface area is 178 Å². The van der Waals surface area contributed by atoms with Crippen molar-refractivity contribution in [3.8, 4) is 5.75 Å². The van der Waals surface area contributed by atoms with E-state index in [4.69, 9.17) is 4.74 Å². The summed E-state index contributed by atoms with van der Waals surface area (Å²) in [6.07, 6.45) is -0.785. The Balaban J connectivity index is 1.68. The van der Waals surface area contributed by atoms with Gasteiger partial charge in [0.05, 0.1) is 6.54 Å². The van der Waals surface area contributed by atoms with Crippen LogP contribution in [0, 0.1) is 0 Å². The van der Waals surface area contributed by atoms with Gasteiger partial charge in [0.1, 0.15) is 24.9 Å². The van der Waals surface area contributed by atoms with Gasteiger partial charge in [-0.1, -0.05) is 42.5 Å². The predicted octanol–water partition coefficient (Wildman–Crippen LogP) is 0.547. The summed E-state index contributed by atoms with van der Waals surface area (Å²) >= 11 is 0. The maximum Gasteiger partial charge on any atom is 0.407 e. The molecule has 1 unspecified atom stereocenters. The lowest BCUT2D eigenvalue weighted by Crippen LogP contribution is -2.47. The normalized spacial score (nSPS) is 11.1. The summed E-state index contributed by atoms with van der Waals surface area (Å²) in [5.41, 5.74) is 1.40. The second kappa shape index (κ2) is 11.8. The first-order valence-corrected chi connectivity index (χ1v) is 9.35. The number of nitrogens with one attached hydrogen (secondary N) is 3. The Hall–Kier alpha value is -4.08. The molecule has 0 fully saturated rings. The molecule has 164 valence electrons. The zero-order valence-electron chi connectivity index (χ0n) is 16.5. The van der Waals surface area contributed by atoms with Gasteiger partial charge in [0.2, 0.25) is 11.8 Å². The number of carbonyl (C=O) groups excluding carboxylic acids is 3. The number of amides is 3. The quantitative estimate of drug-likeness (QED) is 0.369. The van der Waals surface area contributed by atoms with Crippen LogP contribution in [0.15, 0.2) is 54.6 Å². The number of carbonyl (C=O) groups is 4. The van der Waals surface area contributed by atoms with Gasteiger partial charge in [0.25, 0.3) is 0 Å². The molecule has 0 aliphatic rings. The Morgan fingerprint density at radius 3 is 2.13 bits per heavy atom. The maximum atomic E-state index is 12.0. The highest BCUT2D eigenvalue weighted by atomic mass is 16.5. The van der Waals surface area contributed by atoms with E-state index in [-0.39, 0.29) is 18.8 Å². The SMILES string of the molecule is O=C(CNC(=O)OCc1ccccc1)NCC(=O)NC(Cc1ccc(O)cc1)C(=O)O. The van der Waals surface area contributed by atoms with Gasteiger partial charge < -0.3 is 30.9 Å². The number of hydrogen-bond donors (Lipinski definition) is 5. The summed E-state index contributed by atoms with van der Waals surface area (Å²) in [7, 11) is 0. The van der Waals surface area contributed by atoms with E-state index >= 15 is 0 Å². The molecule has 0 heterocycles. The molecule has 3 amide bonds. The minimum atomic E-state index is -1.24. The van der Waals surface area contributed by atoms with Gasteiger partial charge in [0.15, 0.2) is 0 Å². The molecule has 5 N–H and O–H groups in total. The molecule has 10 nitrogen and oxygen atoms in total. The van der Waals surface area contributed by atoms with Crippen molar-refractivity contribution in [3.05, 3.63) is 65.7 Å². The van der Waals surface area contributed by atoms with Crippen LogP contribution in [-0.4, -0.2) is 53.2 Å². The minimum Gasteiger partial charge on any atom is -0.508 e. The third-order valence-corrected chi connectivity index (χ3v) is 4.06. The van der Waals surface area contributed by atoms with Gasteiger partial charge in [-0.25, -0.2) is 9.59 Å². The van der Waals surface area contributed by atoms with E-state index in [2.05, 4.69) is 16.0 Å². The Morgan fingerprint density at radius 2 is 1.48 bits per heavy atom. The maximum absolute atomic E-state index is 12.0. The summed E-state index contributed by atoms with van der Waals surface area (Å²) in [4.78, 5) is 46.7. The van der Waals surface area contributed by atoms with Crippen molar-refractivity contribution in [2.24, 2.45) is 0 Å². The Bertz CT molecular complexity index is 901. The first kappa shape index (κ1) is 23.2. The lowest BCUT2D eigenvalue weighted by atomic mass is 10.1. The van der Waals surface area contributed by atoms with Crippen LogP contribution < -0.4 is 16.0 Å². The lowest BCUT2D eigenvalue weighted by molar-refractivity contribution is -0.141. The Morgan fingerprint density at radius 1 is 0.839 bits per heavy atom. The molecular weight excluding hydrogens is 406 g/mol. The van der Waals surface area contributed by atoms with E-state index in [1.807, 2.05) is 6.07 Å². The molecule has 31 heavy (non-hydrogen) atoms. The second-order valence-electron chi connectivity index (χ2n) is 6.52. The van der Waals surface area contributed by atoms with Crippen molar-refractivity contribution in [3.63, 3.8) is 0 Å². The fourth-order valence-corrected chi connectivity index (χ4v) is 2.48. The molecule has 0 bridgehead atoms. The average molecular weight is 429 g/mol. The molecule has 2 rings (SSSR count). The summed E-state index contributed by atoms with van der Waals surface area (Å²) in [6, 6.07) is 13.7.